The highest BCUT2D eigenvalue weighted by Gasteiger charge is 2.57. The summed E-state index contributed by atoms with van der Waals surface area (Å²) >= 11 is 2.45. The fourth-order valence-corrected chi connectivity index (χ4v) is 13.0. The van der Waals surface area contributed by atoms with Crippen molar-refractivity contribution in [3.8, 4) is 0 Å². The molecule has 0 saturated carbocycles. The zero-order valence-electron chi connectivity index (χ0n) is 44.9. The van der Waals surface area contributed by atoms with Gasteiger partial charge in [0.25, 0.3) is 0 Å². The topological polar surface area (TPSA) is 64.6 Å². The van der Waals surface area contributed by atoms with Crippen LogP contribution in [0.5, 0.6) is 0 Å². The number of allylic oxidation sites excluding steroid dienone is 1. The molecule has 1 heterocycles. The maximum atomic E-state index is 7.85. The van der Waals surface area contributed by atoms with Gasteiger partial charge in [-0.1, -0.05) is 134 Å². The van der Waals surface area contributed by atoms with Crippen LogP contribution in [0.1, 0.15) is 123 Å². The molecule has 0 aromatic heterocycles. The van der Waals surface area contributed by atoms with Gasteiger partial charge in [-0.2, -0.15) is 0 Å². The van der Waals surface area contributed by atoms with Gasteiger partial charge in [0.15, 0.2) is 41.6 Å². The molecule has 1 aromatic rings. The lowest BCUT2D eigenvalue weighted by atomic mass is 9.90. The fourth-order valence-electron chi connectivity index (χ4n) is 6.16. The van der Waals surface area contributed by atoms with Gasteiger partial charge in [0, 0.05) is 6.42 Å². The van der Waals surface area contributed by atoms with Crippen molar-refractivity contribution < 1.29 is 31.6 Å². The van der Waals surface area contributed by atoms with Gasteiger partial charge in [-0.3, -0.25) is 0 Å². The highest BCUT2D eigenvalue weighted by Crippen LogP contribution is 2.48. The molecule has 2 rings (SSSR count). The van der Waals surface area contributed by atoms with Crippen molar-refractivity contribution in [2.45, 2.75) is 257 Å². The van der Waals surface area contributed by atoms with Crippen molar-refractivity contribution in [3.63, 3.8) is 0 Å². The Morgan fingerprint density at radius 3 is 1.48 bits per heavy atom. The summed E-state index contributed by atoms with van der Waals surface area (Å²) in [7, 11) is -12.0. The predicted molar refractivity (Wildman–Crippen MR) is 288 cm³/mol. The average Bonchev–Trinajstić information content (AvgIpc) is 3.04. The normalized spacial score (nSPS) is 22.7. The van der Waals surface area contributed by atoms with E-state index in [2.05, 4.69) is 229 Å². The van der Waals surface area contributed by atoms with Crippen LogP contribution in [0, 0.1) is 0 Å². The Kier molecular flexibility index (Phi) is 19.9. The first kappa shape index (κ1) is 58.6. The second kappa shape index (κ2) is 21.0. The lowest BCUT2D eigenvalue weighted by molar-refractivity contribution is -0.220. The Labute approximate surface area is 402 Å². The smallest absolute Gasteiger partial charge is 0.193 e. The minimum atomic E-state index is -2.48. The number of hydrogen-bond donors (Lipinski definition) is 0. The van der Waals surface area contributed by atoms with Crippen molar-refractivity contribution in [1.82, 2.24) is 0 Å². The van der Waals surface area contributed by atoms with E-state index >= 15 is 0 Å². The summed E-state index contributed by atoms with van der Waals surface area (Å²) in [6.07, 6.45) is 0.104. The zero-order chi connectivity index (χ0) is 48.5. The molecule has 0 aliphatic carbocycles. The van der Waals surface area contributed by atoms with Crippen LogP contribution in [0.3, 0.4) is 0 Å². The molecule has 13 heteroatoms. The Balaban J connectivity index is 3.15. The number of benzene rings is 1. The fraction of sp³-hybridized carbons (Fsp3) is 0.837. The summed E-state index contributed by atoms with van der Waals surface area (Å²) < 4.78 is 54.2. The summed E-state index contributed by atoms with van der Waals surface area (Å²) in [5.74, 6) is 0. The number of hydrogen-bond acceptors (Lipinski definition) is 7. The second-order valence-electron chi connectivity index (χ2n) is 26.0. The third-order valence-electron chi connectivity index (χ3n) is 15.6. The van der Waals surface area contributed by atoms with Crippen LogP contribution in [-0.2, 0) is 38.2 Å². The minimum Gasteiger partial charge on any atom is -0.411 e. The Morgan fingerprint density at radius 2 is 1.05 bits per heavy atom. The van der Waals surface area contributed by atoms with Crippen molar-refractivity contribution in [1.29, 1.82) is 0 Å². The van der Waals surface area contributed by atoms with Crippen molar-refractivity contribution in [3.05, 3.63) is 45.6 Å². The molecular weight excluding hydrogens is 968 g/mol. The van der Waals surface area contributed by atoms with Crippen LogP contribution < -0.4 is 0 Å². The van der Waals surface area contributed by atoms with Crippen LogP contribution >= 0.6 is 22.6 Å². The average molecular weight is 1070 g/mol. The van der Waals surface area contributed by atoms with E-state index in [0.29, 0.717) is 19.6 Å². The molecule has 1 saturated heterocycles. The number of rotatable bonds is 18. The molecule has 0 bridgehead atoms. The molecule has 0 spiro atoms. The van der Waals surface area contributed by atoms with Crippen molar-refractivity contribution >= 4 is 64.2 Å². The molecule has 1 aromatic carbocycles. The first-order valence-corrected chi connectivity index (χ1v) is 39.1. The summed E-state index contributed by atoms with van der Waals surface area (Å²) in [4.78, 5) is 0. The third kappa shape index (κ3) is 15.8. The van der Waals surface area contributed by atoms with E-state index in [9.17, 15) is 0 Å². The first-order chi connectivity index (χ1) is 27.5. The van der Waals surface area contributed by atoms with Crippen LogP contribution in [-0.4, -0.2) is 90.9 Å². The van der Waals surface area contributed by atoms with E-state index in [-0.39, 0.29) is 43.5 Å². The molecule has 0 radical (unpaired) electrons. The van der Waals surface area contributed by atoms with E-state index in [1.165, 1.54) is 0 Å². The molecular formula is C49H97IO7Si5. The van der Waals surface area contributed by atoms with E-state index in [0.717, 1.165) is 9.14 Å². The van der Waals surface area contributed by atoms with Crippen molar-refractivity contribution in [2.24, 2.45) is 0 Å². The van der Waals surface area contributed by atoms with Crippen LogP contribution in [0.25, 0.3) is 0 Å². The van der Waals surface area contributed by atoms with Crippen LogP contribution in [0.4, 0.5) is 0 Å². The summed E-state index contributed by atoms with van der Waals surface area (Å²) in [5.41, 5.74) is 1.14. The standard InChI is InChI=1S/C49H97IO7Si5/c1-36(50)32-39(53-58(17,18)45(2,3)4)42(56-61(23,24)48(11,12)13)44-43(57-62(25,26)49(14,15)16)40(54-59(19,20)46(5,6)7)33-38(52-44)41(55-60(21,22)47(8,9)10)35-51-34-37-30-28-27-29-31-37/h27-32,38-44H,33-35H2,1-26H3/b36-32+/t38-,39-,40-,41-,42+,43-,44+/m1/s1. The molecule has 7 atom stereocenters. The lowest BCUT2D eigenvalue weighted by Gasteiger charge is -2.55. The van der Waals surface area contributed by atoms with E-state index in [1.807, 2.05) is 6.07 Å². The second-order valence-corrected chi connectivity index (χ2v) is 51.5. The van der Waals surface area contributed by atoms with Gasteiger partial charge in [0.2, 0.25) is 0 Å². The lowest BCUT2D eigenvalue weighted by Crippen LogP contribution is -2.67. The number of halogens is 1. The zero-order valence-corrected chi connectivity index (χ0v) is 52.0. The highest BCUT2D eigenvalue weighted by atomic mass is 127. The Morgan fingerprint density at radius 1 is 0.629 bits per heavy atom. The quantitative estimate of drug-likeness (QED) is 0.107. The van der Waals surface area contributed by atoms with Gasteiger partial charge >= 0.3 is 0 Å². The highest BCUT2D eigenvalue weighted by molar-refractivity contribution is 14.1. The Bertz CT molecular complexity index is 1580. The minimum absolute atomic E-state index is 0.0253. The molecule has 62 heavy (non-hydrogen) atoms. The van der Waals surface area contributed by atoms with Gasteiger partial charge in [0.1, 0.15) is 12.2 Å². The molecule has 1 fully saturated rings. The predicted octanol–water partition coefficient (Wildman–Crippen LogP) is 15.7. The maximum Gasteiger partial charge on any atom is 0.193 e. The van der Waals surface area contributed by atoms with E-state index in [1.54, 1.807) is 0 Å². The first-order valence-electron chi connectivity index (χ1n) is 23.5. The van der Waals surface area contributed by atoms with Gasteiger partial charge in [0.05, 0.1) is 43.7 Å². The molecule has 1 aliphatic rings. The summed E-state index contributed by atoms with van der Waals surface area (Å²) in [5, 5.41) is -0.210. The van der Waals surface area contributed by atoms with E-state index < -0.39 is 66.0 Å². The van der Waals surface area contributed by atoms with Gasteiger partial charge < -0.3 is 31.6 Å². The van der Waals surface area contributed by atoms with Gasteiger partial charge in [-0.25, -0.2) is 0 Å². The number of ether oxygens (including phenoxy) is 2. The maximum absolute atomic E-state index is 7.85. The van der Waals surface area contributed by atoms with Crippen LogP contribution in [0.15, 0.2) is 40.0 Å². The van der Waals surface area contributed by atoms with Gasteiger partial charge in [-0.15, -0.1) is 0 Å². The van der Waals surface area contributed by atoms with Crippen molar-refractivity contribution in [2.75, 3.05) is 6.61 Å². The summed E-state index contributed by atoms with van der Waals surface area (Å²) in [6.45, 7) is 61.4. The van der Waals surface area contributed by atoms with Gasteiger partial charge in [-0.05, 0) is 135 Å². The SMILES string of the molecule is C/C(I)=C\[C@@H](O[Si](C)(C)C(C)(C)C)[C@H](O[Si](C)(C)C(C)(C)C)[C@@H]1O[C@@H]([C@@H](COCc2ccccc2)O[Si](C)(C)C(C)(C)C)C[C@@H](O[Si](C)(C)C(C)(C)C)[C@H]1O[Si](C)(C)C(C)(C)C. The molecule has 0 amide bonds. The largest absolute Gasteiger partial charge is 0.411 e. The monoisotopic (exact) mass is 1060 g/mol. The Hall–Kier alpha value is 0.494. The molecule has 362 valence electrons. The summed E-state index contributed by atoms with van der Waals surface area (Å²) in [6, 6.07) is 10.4. The molecule has 0 N–H and O–H groups in total. The molecule has 7 nitrogen and oxygen atoms in total. The van der Waals surface area contributed by atoms with Crippen LogP contribution in [0.2, 0.25) is 90.7 Å². The van der Waals surface area contributed by atoms with E-state index in [4.69, 9.17) is 31.6 Å². The molecule has 1 aliphatic heterocycles. The third-order valence-corrected chi connectivity index (χ3v) is 38.3. The molecule has 0 unspecified atom stereocenters.